The summed E-state index contributed by atoms with van der Waals surface area (Å²) in [7, 11) is 0. The van der Waals surface area contributed by atoms with Gasteiger partial charge in [0.15, 0.2) is 0 Å². The number of halogens is 2. The quantitative estimate of drug-likeness (QED) is 0.684. The molecule has 0 aliphatic heterocycles. The molecule has 3 saturated carbocycles. The van der Waals surface area contributed by atoms with Gasteiger partial charge in [0, 0.05) is 4.83 Å². The van der Waals surface area contributed by atoms with E-state index in [-0.39, 0.29) is 5.82 Å². The summed E-state index contributed by atoms with van der Waals surface area (Å²) in [4.78, 5) is 0.440. The first kappa shape index (κ1) is 11.5. The molecular weight excluding hydrogens is 291 g/mol. The Labute approximate surface area is 116 Å². The normalized spacial score (nSPS) is 41.8. The highest BCUT2D eigenvalue weighted by Gasteiger charge is 2.66. The van der Waals surface area contributed by atoms with E-state index in [0.29, 0.717) is 4.83 Å². The number of fused-ring (bicyclic) bond motifs is 5. The highest BCUT2D eigenvalue weighted by Crippen LogP contribution is 2.73. The minimum absolute atomic E-state index is 0.0884. The molecular formula is C16H18BrF. The second-order valence-electron chi connectivity index (χ2n) is 6.48. The topological polar surface area (TPSA) is 0 Å². The fourth-order valence-corrected chi connectivity index (χ4v) is 5.84. The van der Waals surface area contributed by atoms with Gasteiger partial charge < -0.3 is 0 Å². The van der Waals surface area contributed by atoms with E-state index >= 15 is 0 Å². The Balaban J connectivity index is 1.58. The van der Waals surface area contributed by atoms with Crippen molar-refractivity contribution >= 4 is 15.9 Å². The molecule has 0 saturated heterocycles. The molecule has 5 unspecified atom stereocenters. The Bertz CT molecular complexity index is 482. The molecule has 3 aliphatic carbocycles. The van der Waals surface area contributed by atoms with E-state index in [1.54, 1.807) is 6.07 Å². The third kappa shape index (κ3) is 1.47. The van der Waals surface area contributed by atoms with Crippen molar-refractivity contribution in [2.75, 3.05) is 0 Å². The van der Waals surface area contributed by atoms with Crippen LogP contribution in [0.1, 0.15) is 35.2 Å². The largest absolute Gasteiger partial charge is 0.207 e. The molecule has 1 aromatic rings. The Morgan fingerprint density at radius 1 is 1.22 bits per heavy atom. The maximum absolute atomic E-state index is 13.3. The van der Waals surface area contributed by atoms with Crippen molar-refractivity contribution in [3.05, 3.63) is 35.1 Å². The van der Waals surface area contributed by atoms with Crippen molar-refractivity contribution in [3.63, 3.8) is 0 Å². The van der Waals surface area contributed by atoms with E-state index in [1.807, 2.05) is 19.1 Å². The Kier molecular flexibility index (Phi) is 2.43. The molecule has 0 spiro atoms. The van der Waals surface area contributed by atoms with Gasteiger partial charge in [-0.2, -0.15) is 0 Å². The lowest BCUT2D eigenvalue weighted by Gasteiger charge is -2.15. The number of benzene rings is 1. The van der Waals surface area contributed by atoms with Crippen molar-refractivity contribution < 1.29 is 4.39 Å². The summed E-state index contributed by atoms with van der Waals surface area (Å²) in [6.45, 7) is 1.86. The third-order valence-electron chi connectivity index (χ3n) is 5.63. The van der Waals surface area contributed by atoms with Gasteiger partial charge in [0.05, 0.1) is 0 Å². The molecule has 0 nitrogen and oxygen atoms in total. The molecule has 96 valence electrons. The number of alkyl halides is 1. The number of hydrogen-bond donors (Lipinski definition) is 0. The molecule has 0 amide bonds. The SMILES string of the molecule is Cc1cc(C(Br)C2C3C4CCC(C4)C32)ccc1F. The zero-order valence-corrected chi connectivity index (χ0v) is 12.2. The highest BCUT2D eigenvalue weighted by atomic mass is 79.9. The monoisotopic (exact) mass is 308 g/mol. The summed E-state index contributed by atoms with van der Waals surface area (Å²) in [5, 5.41) is 0. The summed E-state index contributed by atoms with van der Waals surface area (Å²) in [6.07, 6.45) is 4.42. The predicted octanol–water partition coefficient (Wildman–Crippen LogP) is 4.86. The average molecular weight is 309 g/mol. The molecule has 1 aromatic carbocycles. The summed E-state index contributed by atoms with van der Waals surface area (Å²) in [5.74, 6) is 4.69. The molecule has 4 rings (SSSR count). The van der Waals surface area contributed by atoms with Crippen molar-refractivity contribution in [2.45, 2.75) is 31.0 Å². The lowest BCUT2D eigenvalue weighted by atomic mass is 9.96. The van der Waals surface area contributed by atoms with Crippen LogP contribution < -0.4 is 0 Å². The Hall–Kier alpha value is -0.370. The molecule has 0 radical (unpaired) electrons. The first-order valence-corrected chi connectivity index (χ1v) is 7.98. The second-order valence-corrected chi connectivity index (χ2v) is 7.46. The van der Waals surface area contributed by atoms with Crippen LogP contribution in [0, 0.1) is 42.3 Å². The molecule has 3 aliphatic rings. The minimum Gasteiger partial charge on any atom is -0.207 e. The fourth-order valence-electron chi connectivity index (χ4n) is 4.85. The molecule has 3 fully saturated rings. The van der Waals surface area contributed by atoms with E-state index in [9.17, 15) is 4.39 Å². The van der Waals surface area contributed by atoms with Gasteiger partial charge in [-0.25, -0.2) is 4.39 Å². The Morgan fingerprint density at radius 3 is 2.50 bits per heavy atom. The number of hydrogen-bond acceptors (Lipinski definition) is 0. The minimum atomic E-state index is -0.0884. The molecule has 18 heavy (non-hydrogen) atoms. The van der Waals surface area contributed by atoms with Gasteiger partial charge >= 0.3 is 0 Å². The van der Waals surface area contributed by atoms with Crippen molar-refractivity contribution in [3.8, 4) is 0 Å². The van der Waals surface area contributed by atoms with E-state index < -0.39 is 0 Å². The summed E-state index contributed by atoms with van der Waals surface area (Å²) in [5.41, 5.74) is 2.04. The van der Waals surface area contributed by atoms with E-state index in [1.165, 1.54) is 24.8 Å². The predicted molar refractivity (Wildman–Crippen MR) is 74.1 cm³/mol. The van der Waals surface area contributed by atoms with Gasteiger partial charge in [-0.1, -0.05) is 28.1 Å². The van der Waals surface area contributed by atoms with Gasteiger partial charge in [-0.15, -0.1) is 0 Å². The van der Waals surface area contributed by atoms with Gasteiger partial charge in [0.25, 0.3) is 0 Å². The standard InChI is InChI=1S/C16H18BrF/c1-8-6-11(4-5-12(8)18)16(17)15-13-9-2-3-10(7-9)14(13)15/h4-6,9-10,13-16H,2-3,7H2,1H3. The van der Waals surface area contributed by atoms with Crippen molar-refractivity contribution in [2.24, 2.45) is 29.6 Å². The van der Waals surface area contributed by atoms with E-state index in [2.05, 4.69) is 15.9 Å². The lowest BCUT2D eigenvalue weighted by molar-refractivity contribution is 0.456. The van der Waals surface area contributed by atoms with Crippen LogP contribution in [0.4, 0.5) is 4.39 Å². The highest BCUT2D eigenvalue weighted by molar-refractivity contribution is 9.09. The zero-order chi connectivity index (χ0) is 12.4. The van der Waals surface area contributed by atoms with Crippen LogP contribution in [-0.4, -0.2) is 0 Å². The number of rotatable bonds is 2. The van der Waals surface area contributed by atoms with Gasteiger partial charge in [-0.05, 0) is 73.0 Å². The van der Waals surface area contributed by atoms with Crippen LogP contribution in [0.2, 0.25) is 0 Å². The third-order valence-corrected chi connectivity index (χ3v) is 6.77. The second kappa shape index (κ2) is 3.82. The van der Waals surface area contributed by atoms with Gasteiger partial charge in [-0.3, -0.25) is 0 Å². The first-order valence-electron chi connectivity index (χ1n) is 7.07. The van der Waals surface area contributed by atoms with Crippen LogP contribution in [-0.2, 0) is 0 Å². The van der Waals surface area contributed by atoms with Crippen LogP contribution in [0.3, 0.4) is 0 Å². The molecule has 2 bridgehead atoms. The molecule has 0 aromatic heterocycles. The molecule has 5 atom stereocenters. The summed E-state index contributed by atoms with van der Waals surface area (Å²) < 4.78 is 13.3. The first-order chi connectivity index (χ1) is 8.66. The van der Waals surface area contributed by atoms with Gasteiger partial charge in [0.2, 0.25) is 0 Å². The maximum atomic E-state index is 13.3. The Morgan fingerprint density at radius 2 is 1.89 bits per heavy atom. The fraction of sp³-hybridized carbons (Fsp3) is 0.625. The summed E-state index contributed by atoms with van der Waals surface area (Å²) in [6, 6.07) is 5.59. The van der Waals surface area contributed by atoms with Crippen LogP contribution in [0.15, 0.2) is 18.2 Å². The molecule has 2 heteroatoms. The van der Waals surface area contributed by atoms with E-state index in [4.69, 9.17) is 0 Å². The number of aryl methyl sites for hydroxylation is 1. The summed E-state index contributed by atoms with van der Waals surface area (Å²) >= 11 is 3.89. The van der Waals surface area contributed by atoms with Gasteiger partial charge in [0.1, 0.15) is 5.82 Å². The van der Waals surface area contributed by atoms with Crippen LogP contribution >= 0.6 is 15.9 Å². The van der Waals surface area contributed by atoms with E-state index in [0.717, 1.165) is 35.2 Å². The molecule has 0 N–H and O–H groups in total. The smallest absolute Gasteiger partial charge is 0.126 e. The maximum Gasteiger partial charge on any atom is 0.126 e. The zero-order valence-electron chi connectivity index (χ0n) is 10.6. The van der Waals surface area contributed by atoms with Crippen LogP contribution in [0.25, 0.3) is 0 Å². The lowest BCUT2D eigenvalue weighted by Crippen LogP contribution is -2.04. The van der Waals surface area contributed by atoms with Crippen LogP contribution in [0.5, 0.6) is 0 Å². The van der Waals surface area contributed by atoms with Crippen molar-refractivity contribution in [1.29, 1.82) is 0 Å². The average Bonchev–Trinajstić information content (AvgIpc) is 2.80. The van der Waals surface area contributed by atoms with Crippen molar-refractivity contribution in [1.82, 2.24) is 0 Å². The molecule has 0 heterocycles.